The second-order valence-corrected chi connectivity index (χ2v) is 7.48. The van der Waals surface area contributed by atoms with Crippen molar-refractivity contribution in [3.05, 3.63) is 44.1 Å². The molecule has 0 bridgehead atoms. The van der Waals surface area contributed by atoms with Gasteiger partial charge in [0.05, 0.1) is 15.1 Å². The quantitative estimate of drug-likeness (QED) is 0.640. The van der Waals surface area contributed by atoms with Crippen molar-refractivity contribution in [2.75, 3.05) is 0 Å². The number of halogens is 1. The van der Waals surface area contributed by atoms with Crippen molar-refractivity contribution in [3.63, 3.8) is 0 Å². The van der Waals surface area contributed by atoms with Gasteiger partial charge in [-0.25, -0.2) is 9.50 Å². The lowest BCUT2D eigenvalue weighted by molar-refractivity contribution is -0.121. The molecule has 0 aliphatic heterocycles. The number of amides is 2. The van der Waals surface area contributed by atoms with Gasteiger partial charge in [0.25, 0.3) is 11.7 Å². The first-order valence-corrected chi connectivity index (χ1v) is 8.57. The number of fused-ring (bicyclic) bond motifs is 1. The van der Waals surface area contributed by atoms with E-state index in [0.29, 0.717) is 16.3 Å². The zero-order valence-corrected chi connectivity index (χ0v) is 15.2. The van der Waals surface area contributed by atoms with Gasteiger partial charge < -0.3 is 0 Å². The molecule has 3 heterocycles. The molecule has 3 rings (SSSR count). The third-order valence-corrected chi connectivity index (χ3v) is 5.06. The number of hydrogen-bond acceptors (Lipinski definition) is 6. The minimum absolute atomic E-state index is 0.0783. The van der Waals surface area contributed by atoms with Gasteiger partial charge in [-0.3, -0.25) is 20.4 Å². The van der Waals surface area contributed by atoms with Gasteiger partial charge in [-0.05, 0) is 41.9 Å². The number of nitrogens with one attached hydrogen (secondary N) is 2. The van der Waals surface area contributed by atoms with Gasteiger partial charge in [0, 0.05) is 17.0 Å². The first kappa shape index (κ1) is 16.5. The fraction of sp³-hybridized carbons (Fsp3) is 0.214. The van der Waals surface area contributed by atoms with E-state index in [0.717, 1.165) is 15.0 Å². The molecule has 0 fully saturated rings. The predicted molar refractivity (Wildman–Crippen MR) is 91.6 cm³/mol. The Labute approximate surface area is 149 Å². The van der Waals surface area contributed by atoms with E-state index in [4.69, 9.17) is 0 Å². The van der Waals surface area contributed by atoms with E-state index in [2.05, 4.69) is 41.8 Å². The van der Waals surface area contributed by atoms with Gasteiger partial charge in [0.2, 0.25) is 5.91 Å². The van der Waals surface area contributed by atoms with Crippen LogP contribution in [0.25, 0.3) is 5.78 Å². The Kier molecular flexibility index (Phi) is 4.58. The first-order chi connectivity index (χ1) is 11.5. The average Bonchev–Trinajstić information content (AvgIpc) is 3.18. The van der Waals surface area contributed by atoms with Crippen LogP contribution in [-0.4, -0.2) is 31.4 Å². The van der Waals surface area contributed by atoms with Crippen molar-refractivity contribution < 1.29 is 9.59 Å². The molecule has 24 heavy (non-hydrogen) atoms. The van der Waals surface area contributed by atoms with E-state index >= 15 is 0 Å². The van der Waals surface area contributed by atoms with Crippen LogP contribution in [0.2, 0.25) is 0 Å². The van der Waals surface area contributed by atoms with Gasteiger partial charge in [-0.15, -0.1) is 11.3 Å². The summed E-state index contributed by atoms with van der Waals surface area (Å²) in [5.41, 5.74) is 7.06. The van der Waals surface area contributed by atoms with Crippen LogP contribution >= 0.6 is 27.3 Å². The van der Waals surface area contributed by atoms with Gasteiger partial charge in [0.15, 0.2) is 0 Å². The maximum absolute atomic E-state index is 12.1. The number of nitrogens with zero attached hydrogens (tertiary/aromatic N) is 4. The second-order valence-electron chi connectivity index (χ2n) is 5.02. The van der Waals surface area contributed by atoms with Gasteiger partial charge >= 0.3 is 0 Å². The summed E-state index contributed by atoms with van der Waals surface area (Å²) in [6.07, 6.45) is 1.49. The highest BCUT2D eigenvalue weighted by Crippen LogP contribution is 2.21. The predicted octanol–water partition coefficient (Wildman–Crippen LogP) is 1.57. The van der Waals surface area contributed by atoms with E-state index in [9.17, 15) is 9.59 Å². The molecule has 3 aromatic rings. The second kappa shape index (κ2) is 6.65. The van der Waals surface area contributed by atoms with Crippen LogP contribution in [0.3, 0.4) is 0 Å². The molecule has 8 nitrogen and oxygen atoms in total. The lowest BCUT2D eigenvalue weighted by atomic mass is 10.1. The fourth-order valence-electron chi connectivity index (χ4n) is 2.24. The number of thiophene rings is 1. The Bertz CT molecular complexity index is 935. The number of carbonyl (C=O) groups excluding carboxylic acids is 2. The number of rotatable bonds is 3. The van der Waals surface area contributed by atoms with Crippen LogP contribution < -0.4 is 10.9 Å². The minimum Gasteiger partial charge on any atom is -0.273 e. The molecular formula is C14H13BrN6O2S. The van der Waals surface area contributed by atoms with E-state index in [1.165, 1.54) is 17.7 Å². The zero-order valence-electron chi connectivity index (χ0n) is 12.8. The SMILES string of the molecule is Cc1nc2ncnn2c(C)c1CC(=O)NNC(=O)c1ccc(Br)s1. The third kappa shape index (κ3) is 3.29. The first-order valence-electron chi connectivity index (χ1n) is 6.96. The van der Waals surface area contributed by atoms with E-state index in [1.807, 2.05) is 13.8 Å². The normalized spacial score (nSPS) is 10.8. The molecule has 2 amide bonds. The molecule has 3 aromatic heterocycles. The molecule has 0 spiro atoms. The number of hydrogen-bond donors (Lipinski definition) is 2. The molecule has 0 atom stereocenters. The molecule has 2 N–H and O–H groups in total. The summed E-state index contributed by atoms with van der Waals surface area (Å²) in [5.74, 6) is -0.213. The van der Waals surface area contributed by atoms with Crippen molar-refractivity contribution >= 4 is 44.9 Å². The van der Waals surface area contributed by atoms with E-state index in [1.54, 1.807) is 16.6 Å². The van der Waals surface area contributed by atoms with Crippen LogP contribution in [-0.2, 0) is 11.2 Å². The fourth-order valence-corrected chi connectivity index (χ4v) is 3.52. The summed E-state index contributed by atoms with van der Waals surface area (Å²) in [5, 5.41) is 4.08. The molecule has 0 saturated carbocycles. The number of aromatic nitrogens is 4. The standard InChI is InChI=1S/C14H13BrN6O2S/c1-7-9(8(2)21-14(18-7)16-6-17-21)5-12(22)19-20-13(23)10-3-4-11(15)24-10/h3-4,6H,5H2,1-2H3,(H,19,22)(H,20,23). The van der Waals surface area contributed by atoms with Crippen molar-refractivity contribution in [2.45, 2.75) is 20.3 Å². The molecule has 0 unspecified atom stereocenters. The topological polar surface area (TPSA) is 101 Å². The molecule has 0 aliphatic carbocycles. The Balaban J connectivity index is 1.68. The molecular weight excluding hydrogens is 396 g/mol. The summed E-state index contributed by atoms with van der Waals surface area (Å²) in [4.78, 5) is 32.9. The van der Waals surface area contributed by atoms with Crippen LogP contribution in [0.15, 0.2) is 22.2 Å². The summed E-state index contributed by atoms with van der Waals surface area (Å²) >= 11 is 4.57. The summed E-state index contributed by atoms with van der Waals surface area (Å²) in [6.45, 7) is 3.66. The largest absolute Gasteiger partial charge is 0.279 e. The van der Waals surface area contributed by atoms with Crippen molar-refractivity contribution in [1.29, 1.82) is 0 Å². The summed E-state index contributed by atoms with van der Waals surface area (Å²) in [7, 11) is 0. The van der Waals surface area contributed by atoms with Crippen LogP contribution in [0.4, 0.5) is 0 Å². The highest BCUT2D eigenvalue weighted by Gasteiger charge is 2.15. The van der Waals surface area contributed by atoms with Gasteiger partial charge in [-0.1, -0.05) is 0 Å². The molecule has 0 aromatic carbocycles. The zero-order chi connectivity index (χ0) is 17.3. The van der Waals surface area contributed by atoms with Gasteiger partial charge in [-0.2, -0.15) is 10.1 Å². The number of aryl methyl sites for hydroxylation is 2. The Morgan fingerprint density at radius 1 is 1.29 bits per heavy atom. The van der Waals surface area contributed by atoms with E-state index in [-0.39, 0.29) is 18.2 Å². The van der Waals surface area contributed by atoms with Crippen molar-refractivity contribution in [2.24, 2.45) is 0 Å². The summed E-state index contributed by atoms with van der Waals surface area (Å²) in [6, 6.07) is 3.44. The van der Waals surface area contributed by atoms with Crippen molar-refractivity contribution in [3.8, 4) is 0 Å². The van der Waals surface area contributed by atoms with Crippen LogP contribution in [0.1, 0.15) is 26.6 Å². The molecule has 0 radical (unpaired) electrons. The highest BCUT2D eigenvalue weighted by molar-refractivity contribution is 9.11. The van der Waals surface area contributed by atoms with Gasteiger partial charge in [0.1, 0.15) is 6.33 Å². The Morgan fingerprint density at radius 2 is 2.08 bits per heavy atom. The van der Waals surface area contributed by atoms with Crippen LogP contribution in [0, 0.1) is 13.8 Å². The molecule has 0 aliphatic rings. The smallest absolute Gasteiger partial charge is 0.273 e. The van der Waals surface area contributed by atoms with Crippen LogP contribution in [0.5, 0.6) is 0 Å². The van der Waals surface area contributed by atoms with Crippen molar-refractivity contribution in [1.82, 2.24) is 30.4 Å². The molecule has 0 saturated heterocycles. The minimum atomic E-state index is -0.364. The van der Waals surface area contributed by atoms with E-state index < -0.39 is 0 Å². The summed E-state index contributed by atoms with van der Waals surface area (Å²) < 4.78 is 2.43. The molecule has 124 valence electrons. The average molecular weight is 409 g/mol. The lowest BCUT2D eigenvalue weighted by Gasteiger charge is -2.11. The maximum atomic E-state index is 12.1. The lowest BCUT2D eigenvalue weighted by Crippen LogP contribution is -2.42. The number of carbonyl (C=O) groups is 2. The Morgan fingerprint density at radius 3 is 2.79 bits per heavy atom. The number of hydrazine groups is 1. The Hall–Kier alpha value is -2.33. The highest BCUT2D eigenvalue weighted by atomic mass is 79.9. The monoisotopic (exact) mass is 408 g/mol. The maximum Gasteiger partial charge on any atom is 0.279 e. The molecule has 10 heteroatoms. The third-order valence-electron chi connectivity index (χ3n) is 3.44.